The molecule has 6 nitrogen and oxygen atoms in total. The first-order chi connectivity index (χ1) is 23.1. The predicted molar refractivity (Wildman–Crippen MR) is 196 cm³/mol. The van der Waals surface area contributed by atoms with Crippen LogP contribution in [0.1, 0.15) is 121 Å². The summed E-state index contributed by atoms with van der Waals surface area (Å²) in [6, 6.07) is 20.5. The van der Waals surface area contributed by atoms with Crippen molar-refractivity contribution in [1.29, 1.82) is 0 Å². The maximum absolute atomic E-state index is 6.33. The molecule has 3 aliphatic rings. The van der Waals surface area contributed by atoms with Gasteiger partial charge in [0.1, 0.15) is 55.4 Å². The minimum atomic E-state index is -0.0893. The highest BCUT2D eigenvalue weighted by molar-refractivity contribution is 5.49. The van der Waals surface area contributed by atoms with E-state index in [1.54, 1.807) is 0 Å². The SMILES string of the molecule is CC(CC(c1ccc(OCC2CO2)c(C(C)(C)C)c1)c1ccc(OCC2CO2)c(C(C)(C)C)c1)c1ccc(OCC2CO2)c(C(C)(C)C)c1. The zero-order valence-corrected chi connectivity index (χ0v) is 31.5. The van der Waals surface area contributed by atoms with Gasteiger partial charge in [0.15, 0.2) is 0 Å². The monoisotopic (exact) mass is 670 g/mol. The third-order valence-electron chi connectivity index (χ3n) is 9.88. The Kier molecular flexibility index (Phi) is 10.2. The highest BCUT2D eigenvalue weighted by atomic mass is 16.6. The smallest absolute Gasteiger partial charge is 0.123 e. The van der Waals surface area contributed by atoms with E-state index >= 15 is 0 Å². The largest absolute Gasteiger partial charge is 0.490 e. The summed E-state index contributed by atoms with van der Waals surface area (Å²) in [6.07, 6.45) is 1.58. The first kappa shape index (κ1) is 35.8. The molecular formula is C43H58O6. The van der Waals surface area contributed by atoms with Crippen molar-refractivity contribution in [3.8, 4) is 17.2 Å². The number of ether oxygens (including phenoxy) is 6. The fourth-order valence-corrected chi connectivity index (χ4v) is 6.51. The van der Waals surface area contributed by atoms with Crippen molar-refractivity contribution in [2.75, 3.05) is 39.6 Å². The van der Waals surface area contributed by atoms with Gasteiger partial charge in [0.05, 0.1) is 19.8 Å². The lowest BCUT2D eigenvalue weighted by Crippen LogP contribution is -2.18. The summed E-state index contributed by atoms with van der Waals surface area (Å²) in [5.74, 6) is 3.29. The Bertz CT molecular complexity index is 1520. The molecule has 0 aliphatic carbocycles. The molecule has 49 heavy (non-hydrogen) atoms. The molecule has 0 amide bonds. The zero-order valence-electron chi connectivity index (χ0n) is 31.5. The predicted octanol–water partition coefficient (Wildman–Crippen LogP) is 9.24. The molecule has 4 atom stereocenters. The van der Waals surface area contributed by atoms with Gasteiger partial charge in [-0.3, -0.25) is 0 Å². The number of rotatable bonds is 14. The van der Waals surface area contributed by atoms with Crippen LogP contribution in [0.2, 0.25) is 0 Å². The van der Waals surface area contributed by atoms with Gasteiger partial charge in [0.25, 0.3) is 0 Å². The number of hydrogen-bond acceptors (Lipinski definition) is 6. The molecule has 0 spiro atoms. The summed E-state index contributed by atoms with van der Waals surface area (Å²) < 4.78 is 35.3. The molecule has 0 bridgehead atoms. The van der Waals surface area contributed by atoms with Gasteiger partial charge in [0.2, 0.25) is 0 Å². The van der Waals surface area contributed by atoms with Crippen LogP contribution >= 0.6 is 0 Å². The molecule has 3 fully saturated rings. The molecule has 3 saturated heterocycles. The van der Waals surface area contributed by atoms with Crippen LogP contribution in [-0.4, -0.2) is 58.0 Å². The fourth-order valence-electron chi connectivity index (χ4n) is 6.51. The van der Waals surface area contributed by atoms with Gasteiger partial charge in [-0.2, -0.15) is 0 Å². The van der Waals surface area contributed by atoms with E-state index in [1.807, 2.05) is 0 Å². The van der Waals surface area contributed by atoms with Crippen molar-refractivity contribution >= 4 is 0 Å². The fraction of sp³-hybridized carbons (Fsp3) is 0.581. The number of benzene rings is 3. The Labute approximate surface area is 294 Å². The van der Waals surface area contributed by atoms with Gasteiger partial charge in [-0.1, -0.05) is 106 Å². The molecule has 4 unspecified atom stereocenters. The molecule has 266 valence electrons. The standard InChI is InChI=1S/C43H58O6/c1-27(28-11-14-38(47-24-31-21-44-31)35(18-28)41(2,3)4)17-34(29-12-15-39(48-25-32-22-45-32)36(19-29)42(5,6)7)30-13-16-40(49-26-33-23-46-33)37(20-30)43(8,9)10/h11-16,18-20,27,31-34H,17,21-26H2,1-10H3. The molecular weight excluding hydrogens is 612 g/mol. The number of epoxide rings is 3. The van der Waals surface area contributed by atoms with Crippen LogP contribution in [0, 0.1) is 0 Å². The van der Waals surface area contributed by atoms with E-state index in [-0.39, 0.29) is 46.4 Å². The maximum atomic E-state index is 6.33. The van der Waals surface area contributed by atoms with Gasteiger partial charge < -0.3 is 28.4 Å². The van der Waals surface area contributed by atoms with Crippen molar-refractivity contribution in [1.82, 2.24) is 0 Å². The molecule has 0 aromatic heterocycles. The summed E-state index contributed by atoms with van der Waals surface area (Å²) in [4.78, 5) is 0. The minimum absolute atomic E-state index is 0.0548. The quantitative estimate of drug-likeness (QED) is 0.159. The molecule has 0 saturated carbocycles. The average Bonchev–Trinajstić information content (AvgIpc) is 3.89. The van der Waals surface area contributed by atoms with Gasteiger partial charge in [-0.05, 0) is 80.2 Å². The first-order valence-electron chi connectivity index (χ1n) is 18.2. The summed E-state index contributed by atoms with van der Waals surface area (Å²) in [7, 11) is 0. The van der Waals surface area contributed by atoms with Gasteiger partial charge in [0, 0.05) is 5.92 Å². The van der Waals surface area contributed by atoms with Crippen molar-refractivity contribution in [2.24, 2.45) is 0 Å². The molecule has 6 heteroatoms. The van der Waals surface area contributed by atoms with Crippen molar-refractivity contribution < 1.29 is 28.4 Å². The van der Waals surface area contributed by atoms with Crippen LogP contribution in [0.4, 0.5) is 0 Å². The first-order valence-corrected chi connectivity index (χ1v) is 18.2. The van der Waals surface area contributed by atoms with Crippen molar-refractivity contribution in [3.05, 3.63) is 88.0 Å². The highest BCUT2D eigenvalue weighted by Crippen LogP contribution is 2.43. The van der Waals surface area contributed by atoms with E-state index < -0.39 is 0 Å². The third-order valence-corrected chi connectivity index (χ3v) is 9.88. The summed E-state index contributed by atoms with van der Waals surface area (Å²) in [6.45, 7) is 26.9. The van der Waals surface area contributed by atoms with Crippen molar-refractivity contribution in [2.45, 2.75) is 122 Å². The van der Waals surface area contributed by atoms with Crippen molar-refractivity contribution in [3.63, 3.8) is 0 Å². The lowest BCUT2D eigenvalue weighted by molar-refractivity contribution is 0.258. The highest BCUT2D eigenvalue weighted by Gasteiger charge is 2.31. The molecule has 3 aromatic rings. The van der Waals surface area contributed by atoms with Gasteiger partial charge in [-0.25, -0.2) is 0 Å². The van der Waals surface area contributed by atoms with Crippen LogP contribution in [0.3, 0.4) is 0 Å². The summed E-state index contributed by atoms with van der Waals surface area (Å²) in [5.41, 5.74) is 7.37. The van der Waals surface area contributed by atoms with E-state index in [9.17, 15) is 0 Å². The third kappa shape index (κ3) is 9.39. The molecule has 0 N–H and O–H groups in total. The second kappa shape index (κ2) is 13.9. The van der Waals surface area contributed by atoms with E-state index in [1.165, 1.54) is 33.4 Å². The minimum Gasteiger partial charge on any atom is -0.490 e. The molecule has 3 heterocycles. The molecule has 3 aliphatic heterocycles. The Morgan fingerprint density at radius 2 is 0.837 bits per heavy atom. The van der Waals surface area contributed by atoms with Gasteiger partial charge >= 0.3 is 0 Å². The Hall–Kier alpha value is -3.06. The van der Waals surface area contributed by atoms with E-state index in [2.05, 4.69) is 124 Å². The Morgan fingerprint density at radius 1 is 0.531 bits per heavy atom. The Morgan fingerprint density at radius 3 is 1.14 bits per heavy atom. The van der Waals surface area contributed by atoms with E-state index in [0.717, 1.165) is 43.5 Å². The topological polar surface area (TPSA) is 65.3 Å². The Balaban J connectivity index is 1.38. The number of hydrogen-bond donors (Lipinski definition) is 0. The lowest BCUT2D eigenvalue weighted by atomic mass is 9.76. The van der Waals surface area contributed by atoms with Crippen LogP contribution in [0.25, 0.3) is 0 Å². The second-order valence-corrected chi connectivity index (χ2v) is 17.5. The summed E-state index contributed by atoms with van der Waals surface area (Å²) in [5, 5.41) is 0. The van der Waals surface area contributed by atoms with E-state index in [4.69, 9.17) is 28.4 Å². The average molecular weight is 671 g/mol. The van der Waals surface area contributed by atoms with Crippen LogP contribution in [0.5, 0.6) is 17.2 Å². The molecule has 6 rings (SSSR count). The van der Waals surface area contributed by atoms with Crippen LogP contribution in [0.15, 0.2) is 54.6 Å². The maximum Gasteiger partial charge on any atom is 0.123 e. The van der Waals surface area contributed by atoms with Crippen LogP contribution < -0.4 is 14.2 Å². The summed E-state index contributed by atoms with van der Waals surface area (Å²) >= 11 is 0. The van der Waals surface area contributed by atoms with E-state index in [0.29, 0.717) is 19.8 Å². The van der Waals surface area contributed by atoms with Gasteiger partial charge in [-0.15, -0.1) is 0 Å². The lowest BCUT2D eigenvalue weighted by Gasteiger charge is -2.30. The molecule has 0 radical (unpaired) electrons. The zero-order chi connectivity index (χ0) is 35.1. The normalized spacial score (nSPS) is 21.6. The van der Waals surface area contributed by atoms with Crippen LogP contribution in [-0.2, 0) is 30.5 Å². The molecule has 3 aromatic carbocycles. The second-order valence-electron chi connectivity index (χ2n) is 17.5.